The number of hydrogen-bond acceptors (Lipinski definition) is 3. The molecule has 2 N–H and O–H groups in total. The maximum absolute atomic E-state index is 6.21. The fourth-order valence-corrected chi connectivity index (χ4v) is 3.04. The van der Waals surface area contributed by atoms with E-state index < -0.39 is 0 Å². The van der Waals surface area contributed by atoms with E-state index in [2.05, 4.69) is 35.3 Å². The summed E-state index contributed by atoms with van der Waals surface area (Å²) in [6, 6.07) is 16.3. The molecule has 3 heteroatoms. The van der Waals surface area contributed by atoms with Crippen LogP contribution in [-0.2, 0) is 0 Å². The molecule has 1 aliphatic carbocycles. The van der Waals surface area contributed by atoms with Crippen molar-refractivity contribution >= 4 is 16.7 Å². The average molecular weight is 290 g/mol. The molecule has 0 radical (unpaired) electrons. The normalized spacial score (nSPS) is 18.4. The van der Waals surface area contributed by atoms with Crippen LogP contribution in [0, 0.1) is 0 Å². The third kappa shape index (κ3) is 2.34. The summed E-state index contributed by atoms with van der Waals surface area (Å²) in [5.41, 5.74) is 11.4. The third-order valence-corrected chi connectivity index (χ3v) is 4.24. The van der Waals surface area contributed by atoms with Crippen LogP contribution in [0.1, 0.15) is 24.8 Å². The Bertz CT molecular complexity index is 797. The molecule has 2 aromatic carbocycles. The molecule has 3 nitrogen and oxygen atoms in total. The Balaban J connectivity index is 1.68. The summed E-state index contributed by atoms with van der Waals surface area (Å²) in [6.45, 7) is 0. The van der Waals surface area contributed by atoms with Crippen LogP contribution in [0.25, 0.3) is 28.1 Å². The fourth-order valence-electron chi connectivity index (χ4n) is 3.04. The van der Waals surface area contributed by atoms with Crippen molar-refractivity contribution in [1.82, 2.24) is 4.98 Å². The van der Waals surface area contributed by atoms with Crippen molar-refractivity contribution in [2.75, 3.05) is 0 Å². The van der Waals surface area contributed by atoms with E-state index in [1.54, 1.807) is 0 Å². The molecule has 1 aliphatic rings. The van der Waals surface area contributed by atoms with Crippen LogP contribution in [0.3, 0.4) is 0 Å². The lowest BCUT2D eigenvalue weighted by Crippen LogP contribution is -2.23. The Morgan fingerprint density at radius 1 is 1.00 bits per heavy atom. The summed E-state index contributed by atoms with van der Waals surface area (Å²) in [4.78, 5) is 4.53. The molecule has 1 atom stereocenters. The van der Waals surface area contributed by atoms with Crippen molar-refractivity contribution in [3.63, 3.8) is 0 Å². The van der Waals surface area contributed by atoms with Crippen LogP contribution in [0.15, 0.2) is 59.0 Å². The van der Waals surface area contributed by atoms with E-state index in [9.17, 15) is 0 Å². The Labute approximate surface area is 129 Å². The zero-order valence-electron chi connectivity index (χ0n) is 12.3. The van der Waals surface area contributed by atoms with Crippen LogP contribution in [0.2, 0.25) is 0 Å². The van der Waals surface area contributed by atoms with Gasteiger partial charge in [0.1, 0.15) is 5.52 Å². The standard InChI is InChI=1S/C19H18N2O/c20-16-6-2-1-5-15(16)13-9-11-14(12-10-13)19-21-17-7-3-4-8-18(17)22-19/h3-5,7-12,16H,1-2,6,20H2. The number of rotatable bonds is 2. The number of benzene rings is 2. The van der Waals surface area contributed by atoms with Crippen molar-refractivity contribution in [1.29, 1.82) is 0 Å². The molecule has 0 saturated carbocycles. The number of fused-ring (bicyclic) bond motifs is 1. The highest BCUT2D eigenvalue weighted by molar-refractivity contribution is 5.77. The highest BCUT2D eigenvalue weighted by Crippen LogP contribution is 2.29. The molecule has 1 unspecified atom stereocenters. The molecule has 0 amide bonds. The van der Waals surface area contributed by atoms with E-state index >= 15 is 0 Å². The van der Waals surface area contributed by atoms with Gasteiger partial charge in [0.15, 0.2) is 5.58 Å². The zero-order valence-corrected chi connectivity index (χ0v) is 12.3. The van der Waals surface area contributed by atoms with E-state index in [4.69, 9.17) is 10.2 Å². The van der Waals surface area contributed by atoms with Crippen molar-refractivity contribution < 1.29 is 4.42 Å². The van der Waals surface area contributed by atoms with Crippen molar-refractivity contribution in [2.45, 2.75) is 25.3 Å². The van der Waals surface area contributed by atoms with Crippen LogP contribution in [0.4, 0.5) is 0 Å². The highest BCUT2D eigenvalue weighted by atomic mass is 16.3. The Hall–Kier alpha value is -2.39. The highest BCUT2D eigenvalue weighted by Gasteiger charge is 2.15. The molecule has 0 aliphatic heterocycles. The molecule has 4 rings (SSSR count). The number of aromatic nitrogens is 1. The number of para-hydroxylation sites is 2. The number of oxazole rings is 1. The first-order chi connectivity index (χ1) is 10.8. The van der Waals surface area contributed by atoms with E-state index in [1.165, 1.54) is 17.6 Å². The largest absolute Gasteiger partial charge is 0.436 e. The maximum Gasteiger partial charge on any atom is 0.227 e. The lowest BCUT2D eigenvalue weighted by Gasteiger charge is -2.20. The molecule has 22 heavy (non-hydrogen) atoms. The van der Waals surface area contributed by atoms with Gasteiger partial charge >= 0.3 is 0 Å². The third-order valence-electron chi connectivity index (χ3n) is 4.24. The molecule has 1 aromatic heterocycles. The lowest BCUT2D eigenvalue weighted by molar-refractivity contribution is 0.620. The van der Waals surface area contributed by atoms with Gasteiger partial charge in [0.25, 0.3) is 0 Å². The summed E-state index contributed by atoms with van der Waals surface area (Å²) < 4.78 is 5.81. The first-order valence-corrected chi connectivity index (χ1v) is 7.73. The predicted molar refractivity (Wildman–Crippen MR) is 89.2 cm³/mol. The van der Waals surface area contributed by atoms with Crippen molar-refractivity contribution in [3.8, 4) is 11.5 Å². The SMILES string of the molecule is NC1CCCC=C1c1ccc(-c2nc3ccccc3o2)cc1. The Kier molecular flexibility index (Phi) is 3.28. The molecule has 0 saturated heterocycles. The number of nitrogens with two attached hydrogens (primary N) is 1. The van der Waals surface area contributed by atoms with Crippen molar-refractivity contribution in [3.05, 3.63) is 60.2 Å². The maximum atomic E-state index is 6.21. The second kappa shape index (κ2) is 5.43. The molecular formula is C19H18N2O. The van der Waals surface area contributed by atoms with Gasteiger partial charge in [0.05, 0.1) is 0 Å². The minimum absolute atomic E-state index is 0.156. The molecule has 0 bridgehead atoms. The van der Waals surface area contributed by atoms with Crippen LogP contribution >= 0.6 is 0 Å². The van der Waals surface area contributed by atoms with Crippen LogP contribution in [0.5, 0.6) is 0 Å². The Morgan fingerprint density at radius 3 is 2.55 bits per heavy atom. The molecule has 110 valence electrons. The van der Waals surface area contributed by atoms with E-state index in [-0.39, 0.29) is 6.04 Å². The number of hydrogen-bond donors (Lipinski definition) is 1. The van der Waals surface area contributed by atoms with Gasteiger partial charge in [-0.3, -0.25) is 0 Å². The zero-order chi connectivity index (χ0) is 14.9. The summed E-state index contributed by atoms with van der Waals surface area (Å²) >= 11 is 0. The van der Waals surface area contributed by atoms with Gasteiger partial charge in [-0.2, -0.15) is 0 Å². The average Bonchev–Trinajstić information content (AvgIpc) is 2.99. The lowest BCUT2D eigenvalue weighted by atomic mass is 9.89. The first kappa shape index (κ1) is 13.3. The number of nitrogens with zero attached hydrogens (tertiary/aromatic N) is 1. The van der Waals surface area contributed by atoms with Crippen LogP contribution in [-0.4, -0.2) is 11.0 Å². The van der Waals surface area contributed by atoms with Gasteiger partial charge in [-0.15, -0.1) is 0 Å². The first-order valence-electron chi connectivity index (χ1n) is 7.73. The quantitative estimate of drug-likeness (QED) is 0.761. The minimum atomic E-state index is 0.156. The van der Waals surface area contributed by atoms with E-state index in [1.807, 2.05) is 24.3 Å². The van der Waals surface area contributed by atoms with Gasteiger partial charge in [0.2, 0.25) is 5.89 Å². The second-order valence-electron chi connectivity index (χ2n) is 5.76. The fraction of sp³-hybridized carbons (Fsp3) is 0.211. The summed E-state index contributed by atoms with van der Waals surface area (Å²) in [5.74, 6) is 0.662. The topological polar surface area (TPSA) is 52.0 Å². The summed E-state index contributed by atoms with van der Waals surface area (Å²) in [7, 11) is 0. The van der Waals surface area contributed by atoms with E-state index in [0.717, 1.165) is 29.5 Å². The molecule has 0 spiro atoms. The van der Waals surface area contributed by atoms with Gasteiger partial charge in [-0.1, -0.05) is 30.3 Å². The summed E-state index contributed by atoms with van der Waals surface area (Å²) in [5, 5.41) is 0. The second-order valence-corrected chi connectivity index (χ2v) is 5.76. The monoisotopic (exact) mass is 290 g/mol. The predicted octanol–water partition coefficient (Wildman–Crippen LogP) is 4.39. The number of allylic oxidation sites excluding steroid dienone is 1. The van der Waals surface area contributed by atoms with Gasteiger partial charge in [0, 0.05) is 11.6 Å². The molecule has 1 heterocycles. The van der Waals surface area contributed by atoms with Gasteiger partial charge in [-0.05, 0) is 54.7 Å². The Morgan fingerprint density at radius 2 is 1.77 bits per heavy atom. The van der Waals surface area contributed by atoms with Gasteiger partial charge in [-0.25, -0.2) is 4.98 Å². The van der Waals surface area contributed by atoms with Crippen LogP contribution < -0.4 is 5.73 Å². The van der Waals surface area contributed by atoms with Gasteiger partial charge < -0.3 is 10.2 Å². The van der Waals surface area contributed by atoms with Crippen molar-refractivity contribution in [2.24, 2.45) is 5.73 Å². The molecule has 3 aromatic rings. The summed E-state index contributed by atoms with van der Waals surface area (Å²) in [6.07, 6.45) is 5.64. The molecular weight excluding hydrogens is 272 g/mol. The smallest absolute Gasteiger partial charge is 0.227 e. The van der Waals surface area contributed by atoms with E-state index in [0.29, 0.717) is 5.89 Å². The molecule has 0 fully saturated rings. The minimum Gasteiger partial charge on any atom is -0.436 e.